The average molecular weight is 598 g/mol. The fourth-order valence-electron chi connectivity index (χ4n) is 5.90. The van der Waals surface area contributed by atoms with Gasteiger partial charge in [-0.1, -0.05) is 74.9 Å². The van der Waals surface area contributed by atoms with Crippen LogP contribution in [-0.4, -0.2) is 28.2 Å². The first-order chi connectivity index (χ1) is 19.2. The van der Waals surface area contributed by atoms with Crippen molar-refractivity contribution < 1.29 is 5.11 Å². The van der Waals surface area contributed by atoms with E-state index in [-0.39, 0.29) is 24.8 Å². The Morgan fingerprint density at radius 1 is 0.756 bits per heavy atom. The highest BCUT2D eigenvalue weighted by molar-refractivity contribution is 5.93. The largest absolute Gasteiger partial charge is 0.505 e. The third-order valence-electron chi connectivity index (χ3n) is 8.13. The molecule has 2 aromatic carbocycles. The van der Waals surface area contributed by atoms with Gasteiger partial charge >= 0.3 is 0 Å². The number of para-hydroxylation sites is 1. The topological polar surface area (TPSA) is 70.1 Å². The van der Waals surface area contributed by atoms with Gasteiger partial charge in [-0.25, -0.2) is 4.98 Å². The SMILES string of the molecule is Cc1ccc2ccc(CNCCCCCCCCCCNc3c4c(nc5ccccc35)CCCC4)c(O)c2n1.Cl.Cl. The molecule has 7 heteroatoms. The lowest BCUT2D eigenvalue weighted by Crippen LogP contribution is -2.14. The summed E-state index contributed by atoms with van der Waals surface area (Å²) in [5.41, 5.74) is 7.83. The lowest BCUT2D eigenvalue weighted by molar-refractivity contribution is 0.468. The number of halogens is 2. The summed E-state index contributed by atoms with van der Waals surface area (Å²) in [5, 5.41) is 20.2. The van der Waals surface area contributed by atoms with Gasteiger partial charge in [0.15, 0.2) is 0 Å². The molecule has 41 heavy (non-hydrogen) atoms. The van der Waals surface area contributed by atoms with E-state index in [4.69, 9.17) is 4.98 Å². The molecule has 0 spiro atoms. The van der Waals surface area contributed by atoms with Crippen molar-refractivity contribution in [2.24, 2.45) is 0 Å². The molecule has 222 valence electrons. The molecule has 4 aromatic rings. The Morgan fingerprint density at radius 2 is 1.44 bits per heavy atom. The normalized spacial score (nSPS) is 12.5. The summed E-state index contributed by atoms with van der Waals surface area (Å²) in [7, 11) is 0. The van der Waals surface area contributed by atoms with E-state index in [0.717, 1.165) is 48.1 Å². The van der Waals surface area contributed by atoms with Gasteiger partial charge in [-0.2, -0.15) is 0 Å². The molecule has 0 saturated heterocycles. The summed E-state index contributed by atoms with van der Waals surface area (Å²) in [6.45, 7) is 4.67. The van der Waals surface area contributed by atoms with Crippen LogP contribution in [0.25, 0.3) is 21.8 Å². The molecule has 0 radical (unpaired) electrons. The zero-order valence-electron chi connectivity index (χ0n) is 24.4. The predicted octanol–water partition coefficient (Wildman–Crippen LogP) is 8.84. The molecule has 1 aliphatic rings. The number of pyridine rings is 2. The molecule has 2 heterocycles. The van der Waals surface area contributed by atoms with Crippen LogP contribution in [-0.2, 0) is 19.4 Å². The van der Waals surface area contributed by atoms with Gasteiger partial charge in [0.05, 0.1) is 5.52 Å². The van der Waals surface area contributed by atoms with Gasteiger partial charge in [-0.15, -0.1) is 24.8 Å². The molecule has 1 aliphatic carbocycles. The van der Waals surface area contributed by atoms with Crippen LogP contribution in [0.1, 0.15) is 86.7 Å². The van der Waals surface area contributed by atoms with Crippen LogP contribution in [0.15, 0.2) is 48.5 Å². The minimum Gasteiger partial charge on any atom is -0.505 e. The molecule has 5 nitrogen and oxygen atoms in total. The molecule has 0 unspecified atom stereocenters. The smallest absolute Gasteiger partial charge is 0.146 e. The first kappa shape index (κ1) is 32.9. The van der Waals surface area contributed by atoms with Gasteiger partial charge in [0.2, 0.25) is 0 Å². The number of benzene rings is 2. The van der Waals surface area contributed by atoms with Crippen molar-refractivity contribution in [3.8, 4) is 5.75 Å². The van der Waals surface area contributed by atoms with Crippen molar-refractivity contribution in [3.63, 3.8) is 0 Å². The first-order valence-electron chi connectivity index (χ1n) is 15.1. The second-order valence-corrected chi connectivity index (χ2v) is 11.2. The van der Waals surface area contributed by atoms with E-state index in [9.17, 15) is 5.11 Å². The Kier molecular flexibility index (Phi) is 13.4. The lowest BCUT2D eigenvalue weighted by Gasteiger charge is -2.21. The van der Waals surface area contributed by atoms with E-state index >= 15 is 0 Å². The Bertz CT molecular complexity index is 1390. The van der Waals surface area contributed by atoms with Gasteiger partial charge in [0.1, 0.15) is 11.3 Å². The van der Waals surface area contributed by atoms with Crippen LogP contribution >= 0.6 is 24.8 Å². The molecular formula is C34H46Cl2N4O. The van der Waals surface area contributed by atoms with Gasteiger partial charge in [0.25, 0.3) is 0 Å². The third-order valence-corrected chi connectivity index (χ3v) is 8.13. The zero-order chi connectivity index (χ0) is 26.9. The van der Waals surface area contributed by atoms with E-state index in [1.54, 1.807) is 0 Å². The molecule has 0 fully saturated rings. The van der Waals surface area contributed by atoms with E-state index in [1.165, 1.54) is 86.5 Å². The number of hydrogen-bond donors (Lipinski definition) is 3. The summed E-state index contributed by atoms with van der Waals surface area (Å²) in [6.07, 6.45) is 15.1. The monoisotopic (exact) mass is 596 g/mol. The second kappa shape index (κ2) is 16.7. The van der Waals surface area contributed by atoms with Crippen LogP contribution < -0.4 is 10.6 Å². The minimum atomic E-state index is 0. The minimum absolute atomic E-state index is 0. The fraction of sp³-hybridized carbons (Fsp3) is 0.471. The van der Waals surface area contributed by atoms with Gasteiger partial charge in [-0.05, 0) is 69.7 Å². The van der Waals surface area contributed by atoms with Crippen molar-refractivity contribution in [2.45, 2.75) is 90.5 Å². The average Bonchev–Trinajstić information content (AvgIpc) is 2.96. The van der Waals surface area contributed by atoms with Crippen molar-refractivity contribution in [1.82, 2.24) is 15.3 Å². The number of phenolic OH excluding ortho intramolecular Hbond substituents is 1. The number of anilines is 1. The first-order valence-corrected chi connectivity index (χ1v) is 15.1. The molecule has 5 rings (SSSR count). The van der Waals surface area contributed by atoms with Crippen LogP contribution in [0.4, 0.5) is 5.69 Å². The summed E-state index contributed by atoms with van der Waals surface area (Å²) in [5.74, 6) is 0.312. The highest BCUT2D eigenvalue weighted by atomic mass is 35.5. The maximum Gasteiger partial charge on any atom is 0.146 e. The number of aryl methyl sites for hydroxylation is 2. The molecular weight excluding hydrogens is 551 g/mol. The van der Waals surface area contributed by atoms with E-state index in [2.05, 4.69) is 39.9 Å². The number of phenols is 1. The molecule has 0 bridgehead atoms. The van der Waals surface area contributed by atoms with Crippen molar-refractivity contribution in [1.29, 1.82) is 0 Å². The van der Waals surface area contributed by atoms with Crippen LogP contribution in [0.2, 0.25) is 0 Å². The lowest BCUT2D eigenvalue weighted by atomic mass is 9.92. The Hall–Kier alpha value is -2.60. The molecule has 0 aliphatic heterocycles. The Morgan fingerprint density at radius 3 is 2.24 bits per heavy atom. The second-order valence-electron chi connectivity index (χ2n) is 11.2. The van der Waals surface area contributed by atoms with E-state index < -0.39 is 0 Å². The van der Waals surface area contributed by atoms with Crippen molar-refractivity contribution in [2.75, 3.05) is 18.4 Å². The number of nitrogens with zero attached hydrogens (tertiary/aromatic N) is 2. The zero-order valence-corrected chi connectivity index (χ0v) is 26.0. The standard InChI is InChI=1S/C34H44N4O.2ClH/c1-25-18-19-26-20-21-27(34(39)32(26)37-25)24-35-22-12-6-4-2-3-5-7-13-23-36-33-28-14-8-10-16-30(28)38-31-17-11-9-15-29(31)33;;/h8,10,14,16,18-21,35,39H,2-7,9,11-13,15,17,22-24H2,1H3,(H,36,38);2*1H. The highest BCUT2D eigenvalue weighted by Crippen LogP contribution is 2.33. The predicted molar refractivity (Wildman–Crippen MR) is 178 cm³/mol. The summed E-state index contributed by atoms with van der Waals surface area (Å²) in [6, 6.07) is 16.7. The van der Waals surface area contributed by atoms with E-state index in [0.29, 0.717) is 17.8 Å². The molecule has 3 N–H and O–H groups in total. The number of unbranched alkanes of at least 4 members (excludes halogenated alkanes) is 7. The molecule has 2 aromatic heterocycles. The van der Waals surface area contributed by atoms with Crippen LogP contribution in [0.5, 0.6) is 5.75 Å². The maximum absolute atomic E-state index is 10.6. The molecule has 0 saturated carbocycles. The molecule has 0 amide bonds. The quantitative estimate of drug-likeness (QED) is 0.127. The van der Waals surface area contributed by atoms with Crippen LogP contribution in [0.3, 0.4) is 0 Å². The Balaban J connectivity index is 0.00000231. The highest BCUT2D eigenvalue weighted by Gasteiger charge is 2.17. The number of hydrogen-bond acceptors (Lipinski definition) is 5. The number of aromatic hydroxyl groups is 1. The number of fused-ring (bicyclic) bond motifs is 3. The van der Waals surface area contributed by atoms with Gasteiger partial charge in [-0.3, -0.25) is 4.98 Å². The summed E-state index contributed by atoms with van der Waals surface area (Å²) >= 11 is 0. The Labute approximate surface area is 257 Å². The van der Waals surface area contributed by atoms with Gasteiger partial charge < -0.3 is 15.7 Å². The third kappa shape index (κ3) is 8.70. The number of nitrogens with one attached hydrogen (secondary N) is 2. The maximum atomic E-state index is 10.6. The number of aromatic nitrogens is 2. The summed E-state index contributed by atoms with van der Waals surface area (Å²) < 4.78 is 0. The van der Waals surface area contributed by atoms with Gasteiger partial charge in [0, 0.05) is 46.5 Å². The summed E-state index contributed by atoms with van der Waals surface area (Å²) in [4.78, 5) is 9.46. The number of rotatable bonds is 14. The fourth-order valence-corrected chi connectivity index (χ4v) is 5.90. The van der Waals surface area contributed by atoms with E-state index in [1.807, 2.05) is 31.2 Å². The molecule has 0 atom stereocenters. The van der Waals surface area contributed by atoms with Crippen molar-refractivity contribution in [3.05, 3.63) is 71.0 Å². The van der Waals surface area contributed by atoms with Crippen LogP contribution in [0, 0.1) is 6.92 Å². The van der Waals surface area contributed by atoms with Crippen molar-refractivity contribution >= 4 is 52.3 Å².